The van der Waals surface area contributed by atoms with E-state index in [1.807, 2.05) is 0 Å². The van der Waals surface area contributed by atoms with Gasteiger partial charge in [-0.1, -0.05) is 0 Å². The van der Waals surface area contributed by atoms with Gasteiger partial charge in [-0.15, -0.1) is 11.3 Å². The van der Waals surface area contributed by atoms with E-state index in [1.165, 1.54) is 6.07 Å². The summed E-state index contributed by atoms with van der Waals surface area (Å²) in [5, 5.41) is 13.0. The number of pyridine rings is 1. The van der Waals surface area contributed by atoms with E-state index in [4.69, 9.17) is 5.11 Å². The normalized spacial score (nSPS) is 10.3. The zero-order chi connectivity index (χ0) is 14.9. The third kappa shape index (κ3) is 2.62. The Morgan fingerprint density at radius 3 is 2.65 bits per heavy atom. The van der Waals surface area contributed by atoms with Gasteiger partial charge in [-0.05, 0) is 36.9 Å². The minimum Gasteiger partial charge on any atom is -0.477 e. The minimum atomic E-state index is -1.12. The summed E-state index contributed by atoms with van der Waals surface area (Å²) in [7, 11) is 0. The highest BCUT2D eigenvalue weighted by Crippen LogP contribution is 2.22. The molecule has 0 aliphatic heterocycles. The molecule has 2 aromatic rings. The van der Waals surface area contributed by atoms with Crippen molar-refractivity contribution in [2.45, 2.75) is 13.8 Å². The van der Waals surface area contributed by atoms with E-state index in [2.05, 4.69) is 10.3 Å². The van der Waals surface area contributed by atoms with E-state index >= 15 is 0 Å². The van der Waals surface area contributed by atoms with Crippen LogP contribution in [0.25, 0.3) is 0 Å². The minimum absolute atomic E-state index is 0.0156. The number of carboxylic acids is 1. The summed E-state index contributed by atoms with van der Waals surface area (Å²) in [5.74, 6) is -1.74. The first-order valence-electron chi connectivity index (χ1n) is 5.73. The highest BCUT2D eigenvalue weighted by molar-refractivity contribution is 7.12. The Balaban J connectivity index is 2.36. The van der Waals surface area contributed by atoms with Gasteiger partial charge in [0.2, 0.25) is 0 Å². The van der Waals surface area contributed by atoms with E-state index < -0.39 is 17.4 Å². The molecule has 0 aliphatic carbocycles. The maximum absolute atomic E-state index is 12.1. The second-order valence-electron chi connectivity index (χ2n) is 4.26. The van der Waals surface area contributed by atoms with E-state index in [-0.39, 0.29) is 16.1 Å². The molecule has 2 rings (SSSR count). The highest BCUT2D eigenvalue weighted by Gasteiger charge is 2.18. The highest BCUT2D eigenvalue weighted by atomic mass is 32.1. The summed E-state index contributed by atoms with van der Waals surface area (Å²) < 4.78 is 0. The number of thiophene rings is 1. The molecule has 7 heteroatoms. The monoisotopic (exact) mass is 292 g/mol. The zero-order valence-electron chi connectivity index (χ0n) is 10.8. The van der Waals surface area contributed by atoms with Gasteiger partial charge >= 0.3 is 5.97 Å². The van der Waals surface area contributed by atoms with Gasteiger partial charge in [0.15, 0.2) is 0 Å². The van der Waals surface area contributed by atoms with Crippen LogP contribution in [0.4, 0.5) is 5.69 Å². The van der Waals surface area contributed by atoms with Crippen LogP contribution in [0.2, 0.25) is 0 Å². The third-order valence-electron chi connectivity index (χ3n) is 2.70. The van der Waals surface area contributed by atoms with Crippen LogP contribution in [0.1, 0.15) is 31.3 Å². The Bertz CT molecular complexity index is 745. The van der Waals surface area contributed by atoms with Crippen molar-refractivity contribution in [1.82, 2.24) is 4.98 Å². The van der Waals surface area contributed by atoms with Crippen molar-refractivity contribution in [1.29, 1.82) is 0 Å². The molecule has 0 spiro atoms. The average molecular weight is 292 g/mol. The van der Waals surface area contributed by atoms with Crippen molar-refractivity contribution in [3.05, 3.63) is 49.6 Å². The second kappa shape index (κ2) is 5.30. The zero-order valence-corrected chi connectivity index (χ0v) is 11.6. The van der Waals surface area contributed by atoms with Crippen LogP contribution in [-0.4, -0.2) is 22.0 Å². The molecule has 20 heavy (non-hydrogen) atoms. The van der Waals surface area contributed by atoms with Crippen LogP contribution in [0.5, 0.6) is 0 Å². The van der Waals surface area contributed by atoms with Crippen LogP contribution in [0, 0.1) is 13.8 Å². The third-order valence-corrected chi connectivity index (χ3v) is 3.60. The number of aromatic nitrogens is 1. The molecule has 0 saturated carbocycles. The van der Waals surface area contributed by atoms with E-state index in [0.717, 1.165) is 11.3 Å². The fourth-order valence-corrected chi connectivity index (χ4v) is 2.58. The first kappa shape index (κ1) is 14.0. The number of nitrogens with one attached hydrogen (secondary N) is 2. The van der Waals surface area contributed by atoms with E-state index in [0.29, 0.717) is 11.3 Å². The second-order valence-corrected chi connectivity index (χ2v) is 5.18. The van der Waals surface area contributed by atoms with Crippen molar-refractivity contribution in [3.63, 3.8) is 0 Å². The van der Waals surface area contributed by atoms with Crippen LogP contribution in [-0.2, 0) is 0 Å². The number of aryl methyl sites for hydroxylation is 2. The lowest BCUT2D eigenvalue weighted by Crippen LogP contribution is -2.25. The van der Waals surface area contributed by atoms with Gasteiger partial charge in [-0.25, -0.2) is 4.79 Å². The van der Waals surface area contributed by atoms with Crippen molar-refractivity contribution < 1.29 is 14.7 Å². The number of H-pyrrole nitrogens is 1. The molecule has 0 aliphatic rings. The van der Waals surface area contributed by atoms with Crippen LogP contribution in [0.15, 0.2) is 22.3 Å². The topological polar surface area (TPSA) is 99.3 Å². The number of anilines is 1. The molecular weight excluding hydrogens is 280 g/mol. The van der Waals surface area contributed by atoms with Crippen molar-refractivity contribution in [2.24, 2.45) is 0 Å². The van der Waals surface area contributed by atoms with Crippen molar-refractivity contribution >= 4 is 28.9 Å². The van der Waals surface area contributed by atoms with Gasteiger partial charge < -0.3 is 15.4 Å². The number of aromatic carboxylic acids is 1. The van der Waals surface area contributed by atoms with Gasteiger partial charge in [0.05, 0.1) is 5.69 Å². The number of carbonyl (C=O) groups is 2. The largest absolute Gasteiger partial charge is 0.477 e. The van der Waals surface area contributed by atoms with Gasteiger partial charge in [-0.3, -0.25) is 9.59 Å². The molecular formula is C13H12N2O4S. The van der Waals surface area contributed by atoms with Crippen LogP contribution < -0.4 is 10.9 Å². The number of hydrogen-bond acceptors (Lipinski definition) is 4. The Morgan fingerprint density at radius 1 is 1.35 bits per heavy atom. The molecule has 0 radical (unpaired) electrons. The number of hydrogen-bond donors (Lipinski definition) is 3. The summed E-state index contributed by atoms with van der Waals surface area (Å²) in [4.78, 5) is 37.5. The molecule has 2 aromatic heterocycles. The van der Waals surface area contributed by atoms with Crippen molar-refractivity contribution in [2.75, 3.05) is 5.32 Å². The molecule has 2 heterocycles. The van der Waals surface area contributed by atoms with E-state index in [1.54, 1.807) is 25.3 Å². The number of carboxylic acid groups (broad SMARTS) is 1. The molecule has 1 amide bonds. The van der Waals surface area contributed by atoms with Crippen LogP contribution >= 0.6 is 11.3 Å². The Kier molecular flexibility index (Phi) is 3.71. The Hall–Kier alpha value is -2.41. The molecule has 0 aromatic carbocycles. The standard InChI is InChI=1S/C13H12N2O4S/c1-6-5-7(2)14-11(16)9(6)12(17)15-8-3-4-20-10(8)13(18)19/h3-5H,1-2H3,(H,14,16)(H,15,17)(H,18,19). The molecule has 0 atom stereocenters. The van der Waals surface area contributed by atoms with E-state index in [9.17, 15) is 14.4 Å². The quantitative estimate of drug-likeness (QED) is 0.805. The maximum atomic E-state index is 12.1. The summed E-state index contributed by atoms with van der Waals surface area (Å²) >= 11 is 1.01. The number of amides is 1. The SMILES string of the molecule is Cc1cc(C)c(C(=O)Nc2ccsc2C(=O)O)c(=O)[nH]1. The number of rotatable bonds is 3. The number of carbonyl (C=O) groups excluding carboxylic acids is 1. The maximum Gasteiger partial charge on any atom is 0.348 e. The average Bonchev–Trinajstić information content (AvgIpc) is 2.75. The molecule has 104 valence electrons. The molecule has 6 nitrogen and oxygen atoms in total. The lowest BCUT2D eigenvalue weighted by molar-refractivity contribution is 0.0703. The van der Waals surface area contributed by atoms with Gasteiger partial charge in [0, 0.05) is 5.69 Å². The van der Waals surface area contributed by atoms with Crippen LogP contribution in [0.3, 0.4) is 0 Å². The summed E-state index contributed by atoms with van der Waals surface area (Å²) in [6.07, 6.45) is 0. The molecule has 0 fully saturated rings. The lowest BCUT2D eigenvalue weighted by atomic mass is 10.1. The first-order chi connectivity index (χ1) is 9.40. The Labute approximate surface area is 118 Å². The molecule has 0 unspecified atom stereocenters. The van der Waals surface area contributed by atoms with Crippen molar-refractivity contribution in [3.8, 4) is 0 Å². The van der Waals surface area contributed by atoms with Gasteiger partial charge in [0.1, 0.15) is 10.4 Å². The fraction of sp³-hybridized carbons (Fsp3) is 0.154. The predicted octanol–water partition coefficient (Wildman–Crippen LogP) is 2.00. The first-order valence-corrected chi connectivity index (χ1v) is 6.60. The van der Waals surface area contributed by atoms with Gasteiger partial charge in [0.25, 0.3) is 11.5 Å². The number of aromatic amines is 1. The molecule has 3 N–H and O–H groups in total. The predicted molar refractivity (Wildman–Crippen MR) is 75.8 cm³/mol. The molecule has 0 saturated heterocycles. The molecule has 0 bridgehead atoms. The fourth-order valence-electron chi connectivity index (χ4n) is 1.89. The van der Waals surface area contributed by atoms with Gasteiger partial charge in [-0.2, -0.15) is 0 Å². The summed E-state index contributed by atoms with van der Waals surface area (Å²) in [6.45, 7) is 3.38. The Morgan fingerprint density at radius 2 is 2.05 bits per heavy atom. The summed E-state index contributed by atoms with van der Waals surface area (Å²) in [6, 6.07) is 3.17. The smallest absolute Gasteiger partial charge is 0.348 e. The lowest BCUT2D eigenvalue weighted by Gasteiger charge is -2.07. The summed E-state index contributed by atoms with van der Waals surface area (Å²) in [5.41, 5.74) is 0.874.